The van der Waals surface area contributed by atoms with Crippen molar-refractivity contribution in [2.75, 3.05) is 0 Å². The Hall–Kier alpha value is -1.24. The quantitative estimate of drug-likeness (QED) is 0.592. The lowest BCUT2D eigenvalue weighted by molar-refractivity contribution is 1.06. The van der Waals surface area contributed by atoms with Gasteiger partial charge < -0.3 is 5.32 Å². The highest BCUT2D eigenvalue weighted by Gasteiger charge is 2.01. The monoisotopic (exact) mass is 147 g/mol. The molecule has 1 aliphatic rings. The molecule has 0 atom stereocenters. The van der Waals surface area contributed by atoms with Crippen LogP contribution >= 0.6 is 0 Å². The van der Waals surface area contributed by atoms with Crippen molar-refractivity contribution in [1.82, 2.24) is 5.32 Å². The first-order chi connectivity index (χ1) is 5.33. The summed E-state index contributed by atoms with van der Waals surface area (Å²) in [7, 11) is 0. The predicted molar refractivity (Wildman–Crippen MR) is 48.9 cm³/mol. The molecule has 1 rings (SSSR count). The molecular weight excluding hydrogens is 134 g/mol. The summed E-state index contributed by atoms with van der Waals surface area (Å²) in [6.07, 6.45) is 10.8. The zero-order valence-corrected chi connectivity index (χ0v) is 6.80. The molecule has 0 saturated heterocycles. The van der Waals surface area contributed by atoms with E-state index in [1.54, 1.807) is 6.08 Å². The summed E-state index contributed by atoms with van der Waals surface area (Å²) < 4.78 is 0. The lowest BCUT2D eigenvalue weighted by Crippen LogP contribution is -1.95. The van der Waals surface area contributed by atoms with E-state index in [2.05, 4.69) is 24.9 Å². The Balaban J connectivity index is 2.45. The van der Waals surface area contributed by atoms with Gasteiger partial charge in [-0.05, 0) is 13.0 Å². The van der Waals surface area contributed by atoms with Crippen molar-refractivity contribution >= 4 is 0 Å². The van der Waals surface area contributed by atoms with Gasteiger partial charge in [0, 0.05) is 18.3 Å². The van der Waals surface area contributed by atoms with Crippen LogP contribution in [0.4, 0.5) is 0 Å². The topological polar surface area (TPSA) is 12.0 Å². The van der Waals surface area contributed by atoms with E-state index in [0.717, 1.165) is 6.42 Å². The number of nitrogens with one attached hydrogen (secondary N) is 1. The van der Waals surface area contributed by atoms with Gasteiger partial charge in [0.25, 0.3) is 0 Å². The highest BCUT2D eigenvalue weighted by atomic mass is 14.9. The molecule has 0 spiro atoms. The van der Waals surface area contributed by atoms with E-state index in [0.29, 0.717) is 0 Å². The van der Waals surface area contributed by atoms with Crippen LogP contribution in [0, 0.1) is 0 Å². The minimum Gasteiger partial charge on any atom is -0.365 e. The molecule has 1 aliphatic heterocycles. The second-order valence-electron chi connectivity index (χ2n) is 2.62. The summed E-state index contributed by atoms with van der Waals surface area (Å²) in [5.74, 6) is 0. The molecule has 1 heteroatoms. The summed E-state index contributed by atoms with van der Waals surface area (Å²) >= 11 is 0. The van der Waals surface area contributed by atoms with Crippen molar-refractivity contribution in [3.8, 4) is 0 Å². The number of hydrogen-bond donors (Lipinski definition) is 1. The predicted octanol–water partition coefficient (Wildman–Crippen LogP) is 2.51. The Morgan fingerprint density at radius 3 is 2.91 bits per heavy atom. The van der Waals surface area contributed by atoms with Crippen LogP contribution < -0.4 is 5.32 Å². The molecule has 0 aromatic carbocycles. The fourth-order valence-electron chi connectivity index (χ4n) is 0.976. The lowest BCUT2D eigenvalue weighted by Gasteiger charge is -1.93. The number of rotatable bonds is 2. The first-order valence-corrected chi connectivity index (χ1v) is 3.73. The average Bonchev–Trinajstić information content (AvgIpc) is 2.37. The third-order valence-electron chi connectivity index (χ3n) is 1.52. The summed E-state index contributed by atoms with van der Waals surface area (Å²) in [4.78, 5) is 0. The van der Waals surface area contributed by atoms with Gasteiger partial charge in [0.1, 0.15) is 0 Å². The molecule has 0 aliphatic carbocycles. The largest absolute Gasteiger partial charge is 0.365 e. The van der Waals surface area contributed by atoms with Crippen molar-refractivity contribution < 1.29 is 0 Å². The van der Waals surface area contributed by atoms with E-state index in [4.69, 9.17) is 0 Å². The van der Waals surface area contributed by atoms with E-state index in [1.165, 1.54) is 11.3 Å². The van der Waals surface area contributed by atoms with Crippen molar-refractivity contribution in [3.05, 3.63) is 48.4 Å². The van der Waals surface area contributed by atoms with Gasteiger partial charge in [0.15, 0.2) is 0 Å². The first kappa shape index (κ1) is 7.86. The van der Waals surface area contributed by atoms with Gasteiger partial charge in [-0.3, -0.25) is 0 Å². The molecular formula is C10H13N. The third-order valence-corrected chi connectivity index (χ3v) is 1.52. The molecule has 0 radical (unpaired) electrons. The van der Waals surface area contributed by atoms with Crippen molar-refractivity contribution in [1.29, 1.82) is 0 Å². The third kappa shape index (κ3) is 2.46. The molecule has 0 fully saturated rings. The van der Waals surface area contributed by atoms with Crippen LogP contribution in [0.3, 0.4) is 0 Å². The van der Waals surface area contributed by atoms with Crippen LogP contribution in [0.1, 0.15) is 13.3 Å². The van der Waals surface area contributed by atoms with Crippen molar-refractivity contribution in [3.63, 3.8) is 0 Å². The number of hydrogen-bond acceptors (Lipinski definition) is 1. The van der Waals surface area contributed by atoms with Crippen molar-refractivity contribution in [2.45, 2.75) is 13.3 Å². The molecule has 1 N–H and O–H groups in total. The zero-order valence-electron chi connectivity index (χ0n) is 6.80. The van der Waals surface area contributed by atoms with Gasteiger partial charge in [-0.15, -0.1) is 0 Å². The van der Waals surface area contributed by atoms with Crippen LogP contribution in [0.15, 0.2) is 48.4 Å². The maximum Gasteiger partial charge on any atom is 0.0188 e. The van der Waals surface area contributed by atoms with Crippen LogP contribution in [-0.4, -0.2) is 0 Å². The number of allylic oxidation sites excluding steroid dienone is 5. The van der Waals surface area contributed by atoms with E-state index >= 15 is 0 Å². The van der Waals surface area contributed by atoms with Gasteiger partial charge in [-0.2, -0.15) is 0 Å². The SMILES string of the molecule is C=C/C=C\C=C1/CC(C)=CN1. The minimum atomic E-state index is 1.04. The molecule has 0 saturated carbocycles. The fourth-order valence-corrected chi connectivity index (χ4v) is 0.976. The standard InChI is InChI=1S/C10H13N/c1-3-4-5-6-10-7-9(2)8-11-10/h3-6,8,11H,1,7H2,2H3/b5-4-,10-6+. The van der Waals surface area contributed by atoms with E-state index < -0.39 is 0 Å². The van der Waals surface area contributed by atoms with Crippen LogP contribution in [-0.2, 0) is 0 Å². The Kier molecular flexibility index (Phi) is 2.73. The summed E-state index contributed by atoms with van der Waals surface area (Å²) in [5, 5.41) is 3.18. The maximum atomic E-state index is 3.59. The summed E-state index contributed by atoms with van der Waals surface area (Å²) in [5.41, 5.74) is 2.63. The molecule has 0 unspecified atom stereocenters. The van der Waals surface area contributed by atoms with Gasteiger partial charge in [0.05, 0.1) is 0 Å². The molecule has 58 valence electrons. The van der Waals surface area contributed by atoms with E-state index in [1.807, 2.05) is 18.4 Å². The van der Waals surface area contributed by atoms with Crippen LogP contribution in [0.25, 0.3) is 0 Å². The molecule has 0 aromatic heterocycles. The van der Waals surface area contributed by atoms with Gasteiger partial charge >= 0.3 is 0 Å². The first-order valence-electron chi connectivity index (χ1n) is 3.73. The Morgan fingerprint density at radius 1 is 1.55 bits per heavy atom. The summed E-state index contributed by atoms with van der Waals surface area (Å²) in [6.45, 7) is 5.71. The summed E-state index contributed by atoms with van der Waals surface area (Å²) in [6, 6.07) is 0. The average molecular weight is 147 g/mol. The normalized spacial score (nSPS) is 20.5. The fraction of sp³-hybridized carbons (Fsp3) is 0.200. The van der Waals surface area contributed by atoms with Gasteiger partial charge in [-0.1, -0.05) is 30.4 Å². The molecule has 0 amide bonds. The Morgan fingerprint density at radius 2 is 2.36 bits per heavy atom. The lowest BCUT2D eigenvalue weighted by atomic mass is 10.2. The van der Waals surface area contributed by atoms with E-state index in [9.17, 15) is 0 Å². The van der Waals surface area contributed by atoms with Crippen molar-refractivity contribution in [2.24, 2.45) is 0 Å². The zero-order chi connectivity index (χ0) is 8.10. The minimum absolute atomic E-state index is 1.04. The highest BCUT2D eigenvalue weighted by molar-refractivity contribution is 5.25. The molecule has 0 bridgehead atoms. The Labute approximate surface area is 67.8 Å². The smallest absolute Gasteiger partial charge is 0.0188 e. The van der Waals surface area contributed by atoms with Gasteiger partial charge in [-0.25, -0.2) is 0 Å². The highest BCUT2D eigenvalue weighted by Crippen LogP contribution is 2.13. The van der Waals surface area contributed by atoms with Crippen LogP contribution in [0.5, 0.6) is 0 Å². The molecule has 0 aromatic rings. The second kappa shape index (κ2) is 3.81. The molecule has 1 heterocycles. The van der Waals surface area contributed by atoms with Gasteiger partial charge in [0.2, 0.25) is 0 Å². The molecule has 11 heavy (non-hydrogen) atoms. The van der Waals surface area contributed by atoms with Crippen LogP contribution in [0.2, 0.25) is 0 Å². The Bertz CT molecular complexity index is 231. The molecule has 1 nitrogen and oxygen atoms in total. The second-order valence-corrected chi connectivity index (χ2v) is 2.62. The maximum absolute atomic E-state index is 3.59. The van der Waals surface area contributed by atoms with E-state index in [-0.39, 0.29) is 0 Å².